The molecule has 1 fully saturated rings. The first kappa shape index (κ1) is 20.1. The van der Waals surface area contributed by atoms with E-state index >= 15 is 0 Å². The van der Waals surface area contributed by atoms with Crippen molar-refractivity contribution >= 4 is 34.7 Å². The van der Waals surface area contributed by atoms with Crippen LogP contribution in [-0.4, -0.2) is 39.1 Å². The molecule has 0 aliphatic carbocycles. The van der Waals surface area contributed by atoms with Crippen LogP contribution in [0.4, 0.5) is 5.69 Å². The summed E-state index contributed by atoms with van der Waals surface area (Å²) in [5, 5.41) is 14.5. The maximum atomic E-state index is 12.5. The molecule has 0 saturated carbocycles. The summed E-state index contributed by atoms with van der Waals surface area (Å²) in [5.41, 5.74) is 3.19. The Morgan fingerprint density at radius 3 is 2.93 bits per heavy atom. The van der Waals surface area contributed by atoms with Gasteiger partial charge in [0.1, 0.15) is 0 Å². The van der Waals surface area contributed by atoms with Crippen molar-refractivity contribution in [3.8, 4) is 10.7 Å². The number of ether oxygens (including phenoxy) is 1. The number of thiophene rings is 1. The maximum absolute atomic E-state index is 12.5. The van der Waals surface area contributed by atoms with E-state index in [2.05, 4.69) is 27.0 Å². The Morgan fingerprint density at radius 1 is 1.31 bits per heavy atom. The van der Waals surface area contributed by atoms with Gasteiger partial charge in [-0.15, -0.1) is 21.5 Å². The molecule has 1 saturated heterocycles. The molecule has 1 N–H and O–H groups in total. The number of rotatable bonds is 7. The molecule has 0 radical (unpaired) electrons. The fourth-order valence-electron chi connectivity index (χ4n) is 3.29. The summed E-state index contributed by atoms with van der Waals surface area (Å²) < 4.78 is 7.91. The van der Waals surface area contributed by atoms with Crippen molar-refractivity contribution in [3.05, 3.63) is 46.8 Å². The molecule has 152 valence electrons. The molecule has 2 aromatic heterocycles. The zero-order valence-corrected chi connectivity index (χ0v) is 18.2. The van der Waals surface area contributed by atoms with E-state index in [0.29, 0.717) is 6.54 Å². The van der Waals surface area contributed by atoms with Gasteiger partial charge in [0, 0.05) is 12.3 Å². The number of hydrogen-bond acceptors (Lipinski definition) is 6. The molecular weight excluding hydrogens is 404 g/mol. The molecule has 0 unspecified atom stereocenters. The monoisotopic (exact) mass is 428 g/mol. The van der Waals surface area contributed by atoms with E-state index in [0.717, 1.165) is 46.6 Å². The third-order valence-corrected chi connectivity index (χ3v) is 6.82. The van der Waals surface area contributed by atoms with Crippen molar-refractivity contribution in [2.24, 2.45) is 0 Å². The highest BCUT2D eigenvalue weighted by atomic mass is 32.2. The van der Waals surface area contributed by atoms with Crippen LogP contribution in [0.5, 0.6) is 0 Å². The first-order chi connectivity index (χ1) is 14.1. The molecule has 0 bridgehead atoms. The molecule has 1 aliphatic rings. The standard InChI is InChI=1S/C21H24N4O2S2/c1-14-7-8-16(11-15(14)2)22-19(26)13-29-21-24-23-20(18-6-4-10-28-18)25(21)12-17-5-3-9-27-17/h4,6-8,10-11,17H,3,5,9,12-13H2,1-2H3,(H,22,26)/t17-/m1/s1. The number of carbonyl (C=O) groups excluding carboxylic acids is 1. The molecule has 8 heteroatoms. The topological polar surface area (TPSA) is 69.0 Å². The van der Waals surface area contributed by atoms with E-state index in [4.69, 9.17) is 4.74 Å². The zero-order valence-electron chi connectivity index (χ0n) is 16.6. The van der Waals surface area contributed by atoms with Crippen molar-refractivity contribution in [1.29, 1.82) is 0 Å². The Balaban J connectivity index is 1.46. The van der Waals surface area contributed by atoms with Gasteiger partial charge in [0.2, 0.25) is 5.91 Å². The Bertz CT molecular complexity index is 979. The summed E-state index contributed by atoms with van der Waals surface area (Å²) in [6, 6.07) is 9.99. The maximum Gasteiger partial charge on any atom is 0.234 e. The van der Waals surface area contributed by atoms with Crippen LogP contribution in [-0.2, 0) is 16.1 Å². The number of aromatic nitrogens is 3. The van der Waals surface area contributed by atoms with Gasteiger partial charge in [-0.05, 0) is 61.4 Å². The van der Waals surface area contributed by atoms with E-state index in [1.54, 1.807) is 11.3 Å². The molecule has 1 aliphatic heterocycles. The largest absolute Gasteiger partial charge is 0.376 e. The van der Waals surface area contributed by atoms with Crippen LogP contribution in [0.3, 0.4) is 0 Å². The van der Waals surface area contributed by atoms with Gasteiger partial charge >= 0.3 is 0 Å². The number of thioether (sulfide) groups is 1. The number of nitrogens with zero attached hydrogens (tertiary/aromatic N) is 3. The van der Waals surface area contributed by atoms with E-state index in [9.17, 15) is 4.79 Å². The van der Waals surface area contributed by atoms with E-state index in [1.165, 1.54) is 17.3 Å². The number of hydrogen-bond donors (Lipinski definition) is 1. The molecule has 1 aromatic carbocycles. The van der Waals surface area contributed by atoms with Crippen LogP contribution in [0, 0.1) is 13.8 Å². The normalized spacial score (nSPS) is 16.3. The highest BCUT2D eigenvalue weighted by Gasteiger charge is 2.22. The summed E-state index contributed by atoms with van der Waals surface area (Å²) >= 11 is 3.05. The van der Waals surface area contributed by atoms with Crippen LogP contribution < -0.4 is 5.32 Å². The average Bonchev–Trinajstić information content (AvgIpc) is 3.45. The van der Waals surface area contributed by atoms with Crippen molar-refractivity contribution in [2.75, 3.05) is 17.7 Å². The minimum Gasteiger partial charge on any atom is -0.376 e. The predicted molar refractivity (Wildman–Crippen MR) is 118 cm³/mol. The summed E-state index contributed by atoms with van der Waals surface area (Å²) in [7, 11) is 0. The fraction of sp³-hybridized carbons (Fsp3) is 0.381. The van der Waals surface area contributed by atoms with E-state index in [-0.39, 0.29) is 17.8 Å². The van der Waals surface area contributed by atoms with Crippen LogP contribution in [0.2, 0.25) is 0 Å². The average molecular weight is 429 g/mol. The van der Waals surface area contributed by atoms with Crippen molar-refractivity contribution in [1.82, 2.24) is 14.8 Å². The fourth-order valence-corrected chi connectivity index (χ4v) is 4.75. The third kappa shape index (κ3) is 4.88. The second kappa shape index (κ2) is 9.11. The van der Waals surface area contributed by atoms with Crippen LogP contribution in [0.15, 0.2) is 40.9 Å². The summed E-state index contributed by atoms with van der Waals surface area (Å²) in [6.07, 6.45) is 2.30. The van der Waals surface area contributed by atoms with E-state index < -0.39 is 0 Å². The quantitative estimate of drug-likeness (QED) is 0.560. The van der Waals surface area contributed by atoms with Crippen molar-refractivity contribution < 1.29 is 9.53 Å². The lowest BCUT2D eigenvalue weighted by atomic mass is 10.1. The number of nitrogens with one attached hydrogen (secondary N) is 1. The molecule has 6 nitrogen and oxygen atoms in total. The summed E-state index contributed by atoms with van der Waals surface area (Å²) in [5.74, 6) is 1.07. The SMILES string of the molecule is Cc1ccc(NC(=O)CSc2nnc(-c3cccs3)n2C[C@H]2CCCO2)cc1C. The number of anilines is 1. The molecule has 29 heavy (non-hydrogen) atoms. The van der Waals surface area contributed by atoms with Gasteiger partial charge in [-0.25, -0.2) is 0 Å². The van der Waals surface area contributed by atoms with Gasteiger partial charge in [-0.1, -0.05) is 23.9 Å². The van der Waals surface area contributed by atoms with Crippen LogP contribution >= 0.6 is 23.1 Å². The number of aryl methyl sites for hydroxylation is 2. The van der Waals surface area contributed by atoms with Gasteiger partial charge in [-0.2, -0.15) is 0 Å². The van der Waals surface area contributed by atoms with Gasteiger partial charge in [0.05, 0.1) is 23.3 Å². The molecule has 3 aromatic rings. The van der Waals surface area contributed by atoms with Gasteiger partial charge in [0.15, 0.2) is 11.0 Å². The molecule has 3 heterocycles. The lowest BCUT2D eigenvalue weighted by molar-refractivity contribution is -0.113. The Labute approximate surface area is 178 Å². The highest BCUT2D eigenvalue weighted by Crippen LogP contribution is 2.29. The minimum atomic E-state index is -0.0532. The zero-order chi connectivity index (χ0) is 20.2. The van der Waals surface area contributed by atoms with Gasteiger partial charge in [0.25, 0.3) is 0 Å². The molecular formula is C21H24N4O2S2. The summed E-state index contributed by atoms with van der Waals surface area (Å²) in [6.45, 7) is 5.62. The number of benzene rings is 1. The van der Waals surface area contributed by atoms with Gasteiger partial charge < -0.3 is 10.1 Å². The lowest BCUT2D eigenvalue weighted by Gasteiger charge is -2.14. The molecule has 4 rings (SSSR count). The first-order valence-corrected chi connectivity index (χ1v) is 11.6. The minimum absolute atomic E-state index is 0.0532. The number of carbonyl (C=O) groups is 1. The predicted octanol–water partition coefficient (Wildman–Crippen LogP) is 4.53. The molecule has 1 amide bonds. The van der Waals surface area contributed by atoms with Crippen molar-refractivity contribution in [2.45, 2.75) is 44.5 Å². The summed E-state index contributed by atoms with van der Waals surface area (Å²) in [4.78, 5) is 13.5. The Morgan fingerprint density at radius 2 is 2.21 bits per heavy atom. The van der Waals surface area contributed by atoms with Crippen LogP contribution in [0.1, 0.15) is 24.0 Å². The van der Waals surface area contributed by atoms with Crippen LogP contribution in [0.25, 0.3) is 10.7 Å². The Kier molecular flexibility index (Phi) is 6.32. The highest BCUT2D eigenvalue weighted by molar-refractivity contribution is 7.99. The smallest absolute Gasteiger partial charge is 0.234 e. The third-order valence-electron chi connectivity index (χ3n) is 4.99. The Hall–Kier alpha value is -2.16. The molecule has 0 spiro atoms. The first-order valence-electron chi connectivity index (χ1n) is 9.69. The second-order valence-corrected chi connectivity index (χ2v) is 9.06. The number of amides is 1. The lowest BCUT2D eigenvalue weighted by Crippen LogP contribution is -2.18. The van der Waals surface area contributed by atoms with Crippen molar-refractivity contribution in [3.63, 3.8) is 0 Å². The second-order valence-electron chi connectivity index (χ2n) is 7.17. The molecule has 1 atom stereocenters. The van der Waals surface area contributed by atoms with Gasteiger partial charge in [-0.3, -0.25) is 9.36 Å². The van der Waals surface area contributed by atoms with E-state index in [1.807, 2.05) is 42.6 Å².